The van der Waals surface area contributed by atoms with Gasteiger partial charge in [0.2, 0.25) is 5.91 Å². The van der Waals surface area contributed by atoms with Crippen LogP contribution < -0.4 is 15.4 Å². The molecule has 138 valence electrons. The fourth-order valence-electron chi connectivity index (χ4n) is 2.30. The lowest BCUT2D eigenvalue weighted by Crippen LogP contribution is -2.34. The minimum Gasteiger partial charge on any atom is -0.493 e. The van der Waals surface area contributed by atoms with E-state index in [-0.39, 0.29) is 11.8 Å². The highest BCUT2D eigenvalue weighted by Crippen LogP contribution is 2.16. The molecule has 0 saturated heterocycles. The predicted octanol–water partition coefficient (Wildman–Crippen LogP) is 3.35. The van der Waals surface area contributed by atoms with Gasteiger partial charge in [0.05, 0.1) is 6.61 Å². The van der Waals surface area contributed by atoms with E-state index < -0.39 is 0 Å². The number of carbonyl (C=O) groups is 2. The maximum absolute atomic E-state index is 11.9. The first kappa shape index (κ1) is 19.8. The van der Waals surface area contributed by atoms with Crippen LogP contribution in [0.3, 0.4) is 0 Å². The number of halogens is 1. The van der Waals surface area contributed by atoms with E-state index in [1.54, 1.807) is 24.3 Å². The number of carbonyl (C=O) groups excluding carboxylic acids is 2. The third-order valence-electron chi connectivity index (χ3n) is 3.74. The molecule has 6 heteroatoms. The number of para-hydroxylation sites is 1. The van der Waals surface area contributed by atoms with Crippen molar-refractivity contribution < 1.29 is 14.3 Å². The van der Waals surface area contributed by atoms with E-state index in [1.807, 2.05) is 31.2 Å². The van der Waals surface area contributed by atoms with E-state index in [0.717, 1.165) is 11.3 Å². The second-order valence-corrected chi connectivity index (χ2v) is 6.27. The van der Waals surface area contributed by atoms with E-state index in [1.165, 1.54) is 0 Å². The molecule has 0 aliphatic heterocycles. The molecule has 0 aliphatic rings. The summed E-state index contributed by atoms with van der Waals surface area (Å²) < 4.78 is 5.66. The SMILES string of the molecule is Cc1ccccc1OCCCC(=O)NCCNC(=O)c1ccc(Cl)cc1. The lowest BCUT2D eigenvalue weighted by Gasteiger charge is -2.09. The summed E-state index contributed by atoms with van der Waals surface area (Å²) in [7, 11) is 0. The van der Waals surface area contributed by atoms with Crippen molar-refractivity contribution in [1.82, 2.24) is 10.6 Å². The normalized spacial score (nSPS) is 10.2. The Bertz CT molecular complexity index is 732. The summed E-state index contributed by atoms with van der Waals surface area (Å²) in [6.45, 7) is 3.23. The van der Waals surface area contributed by atoms with Crippen LogP contribution in [0.15, 0.2) is 48.5 Å². The van der Waals surface area contributed by atoms with E-state index in [9.17, 15) is 9.59 Å². The molecule has 2 aromatic carbocycles. The smallest absolute Gasteiger partial charge is 0.251 e. The Morgan fingerprint density at radius 3 is 2.42 bits per heavy atom. The van der Waals surface area contributed by atoms with Gasteiger partial charge in [0, 0.05) is 30.1 Å². The molecule has 0 spiro atoms. The molecule has 26 heavy (non-hydrogen) atoms. The van der Waals surface area contributed by atoms with E-state index in [2.05, 4.69) is 10.6 Å². The summed E-state index contributed by atoms with van der Waals surface area (Å²) in [5.74, 6) is 0.597. The number of aryl methyl sites for hydroxylation is 1. The van der Waals surface area contributed by atoms with Crippen LogP contribution in [0.5, 0.6) is 5.75 Å². The molecule has 2 aromatic rings. The summed E-state index contributed by atoms with van der Waals surface area (Å²) in [4.78, 5) is 23.7. The molecule has 5 nitrogen and oxygen atoms in total. The van der Waals surface area contributed by atoms with Crippen LogP contribution in [-0.4, -0.2) is 31.5 Å². The Hall–Kier alpha value is -2.53. The molecular weight excluding hydrogens is 352 g/mol. The van der Waals surface area contributed by atoms with Crippen LogP contribution in [0.1, 0.15) is 28.8 Å². The molecular formula is C20H23ClN2O3. The largest absolute Gasteiger partial charge is 0.493 e. The lowest BCUT2D eigenvalue weighted by molar-refractivity contribution is -0.121. The number of nitrogens with one attached hydrogen (secondary N) is 2. The molecule has 2 rings (SSSR count). The van der Waals surface area contributed by atoms with Gasteiger partial charge in [0.1, 0.15) is 5.75 Å². The van der Waals surface area contributed by atoms with Crippen molar-refractivity contribution in [3.63, 3.8) is 0 Å². The van der Waals surface area contributed by atoms with Crippen LogP contribution in [0.25, 0.3) is 0 Å². The number of benzene rings is 2. The standard InChI is InChI=1S/C20H23ClN2O3/c1-15-5-2-3-6-18(15)26-14-4-7-19(24)22-12-13-23-20(25)16-8-10-17(21)11-9-16/h2-3,5-6,8-11H,4,7,12-14H2,1H3,(H,22,24)(H,23,25). The van der Waals surface area contributed by atoms with Crippen molar-refractivity contribution in [3.05, 3.63) is 64.7 Å². The van der Waals surface area contributed by atoms with Gasteiger partial charge in [-0.15, -0.1) is 0 Å². The highest BCUT2D eigenvalue weighted by atomic mass is 35.5. The minimum absolute atomic E-state index is 0.0564. The fourth-order valence-corrected chi connectivity index (χ4v) is 2.43. The third kappa shape index (κ3) is 6.76. The van der Waals surface area contributed by atoms with Gasteiger partial charge in [0.15, 0.2) is 0 Å². The Morgan fingerprint density at radius 2 is 1.69 bits per heavy atom. The van der Waals surface area contributed by atoms with Crippen molar-refractivity contribution in [3.8, 4) is 5.75 Å². The van der Waals surface area contributed by atoms with Gasteiger partial charge < -0.3 is 15.4 Å². The number of amides is 2. The average Bonchev–Trinajstić information content (AvgIpc) is 2.64. The average molecular weight is 375 g/mol. The lowest BCUT2D eigenvalue weighted by atomic mass is 10.2. The molecule has 0 atom stereocenters. The second kappa shape index (κ2) is 10.5. The minimum atomic E-state index is -0.192. The number of rotatable bonds is 9. The fraction of sp³-hybridized carbons (Fsp3) is 0.300. The molecule has 0 bridgehead atoms. The Balaban J connectivity index is 1.55. The highest BCUT2D eigenvalue weighted by molar-refractivity contribution is 6.30. The predicted molar refractivity (Wildman–Crippen MR) is 103 cm³/mol. The summed E-state index contributed by atoms with van der Waals surface area (Å²) in [5, 5.41) is 6.11. The first-order chi connectivity index (χ1) is 12.6. The van der Waals surface area contributed by atoms with Crippen molar-refractivity contribution >= 4 is 23.4 Å². The molecule has 0 unspecified atom stereocenters. The van der Waals surface area contributed by atoms with Gasteiger partial charge in [0.25, 0.3) is 5.91 Å². The zero-order chi connectivity index (χ0) is 18.8. The molecule has 2 N–H and O–H groups in total. The number of ether oxygens (including phenoxy) is 1. The van der Waals surface area contributed by atoms with Crippen LogP contribution in [0, 0.1) is 6.92 Å². The van der Waals surface area contributed by atoms with Crippen molar-refractivity contribution in [2.75, 3.05) is 19.7 Å². The Kier molecular flexibility index (Phi) is 7.96. The highest BCUT2D eigenvalue weighted by Gasteiger charge is 2.05. The van der Waals surface area contributed by atoms with Gasteiger partial charge in [-0.2, -0.15) is 0 Å². The second-order valence-electron chi connectivity index (χ2n) is 5.83. The van der Waals surface area contributed by atoms with Crippen molar-refractivity contribution in [2.45, 2.75) is 19.8 Å². The van der Waals surface area contributed by atoms with Crippen molar-refractivity contribution in [1.29, 1.82) is 0 Å². The molecule has 0 aliphatic carbocycles. The Labute approximate surface area is 158 Å². The topological polar surface area (TPSA) is 67.4 Å². The van der Waals surface area contributed by atoms with Crippen LogP contribution >= 0.6 is 11.6 Å². The number of hydrogen-bond acceptors (Lipinski definition) is 3. The van der Waals surface area contributed by atoms with Crippen LogP contribution in [-0.2, 0) is 4.79 Å². The van der Waals surface area contributed by atoms with Gasteiger partial charge >= 0.3 is 0 Å². The van der Waals surface area contributed by atoms with Crippen LogP contribution in [0.2, 0.25) is 5.02 Å². The van der Waals surface area contributed by atoms with E-state index in [0.29, 0.717) is 43.1 Å². The zero-order valence-electron chi connectivity index (χ0n) is 14.8. The molecule has 0 radical (unpaired) electrons. The van der Waals surface area contributed by atoms with Gasteiger partial charge in [-0.25, -0.2) is 0 Å². The zero-order valence-corrected chi connectivity index (χ0v) is 15.5. The van der Waals surface area contributed by atoms with Gasteiger partial charge in [-0.1, -0.05) is 29.8 Å². The third-order valence-corrected chi connectivity index (χ3v) is 3.99. The van der Waals surface area contributed by atoms with E-state index >= 15 is 0 Å². The number of hydrogen-bond donors (Lipinski definition) is 2. The van der Waals surface area contributed by atoms with E-state index in [4.69, 9.17) is 16.3 Å². The monoisotopic (exact) mass is 374 g/mol. The Morgan fingerprint density at radius 1 is 1.00 bits per heavy atom. The molecule has 0 fully saturated rings. The maximum atomic E-state index is 11.9. The summed E-state index contributed by atoms with van der Waals surface area (Å²) >= 11 is 5.78. The molecule has 0 saturated carbocycles. The molecule has 2 amide bonds. The van der Waals surface area contributed by atoms with Gasteiger partial charge in [-0.3, -0.25) is 9.59 Å². The quantitative estimate of drug-likeness (QED) is 0.661. The summed E-state index contributed by atoms with van der Waals surface area (Å²) in [6, 6.07) is 14.4. The molecule has 0 aromatic heterocycles. The van der Waals surface area contributed by atoms with Crippen LogP contribution in [0.4, 0.5) is 0 Å². The van der Waals surface area contributed by atoms with Crippen molar-refractivity contribution in [2.24, 2.45) is 0 Å². The first-order valence-corrected chi connectivity index (χ1v) is 8.93. The summed E-state index contributed by atoms with van der Waals surface area (Å²) in [6.07, 6.45) is 1.02. The van der Waals surface area contributed by atoms with Gasteiger partial charge in [-0.05, 0) is 49.2 Å². The maximum Gasteiger partial charge on any atom is 0.251 e. The first-order valence-electron chi connectivity index (χ1n) is 8.55. The summed E-state index contributed by atoms with van der Waals surface area (Å²) in [5.41, 5.74) is 1.61. The molecule has 0 heterocycles.